The van der Waals surface area contributed by atoms with Crippen LogP contribution in [0.2, 0.25) is 0 Å². The van der Waals surface area contributed by atoms with Crippen LogP contribution in [0.15, 0.2) is 28.7 Å². The van der Waals surface area contributed by atoms with Gasteiger partial charge in [0.2, 0.25) is 5.91 Å². The first-order valence-corrected chi connectivity index (χ1v) is 8.10. The number of nitrogens with two attached hydrogens (primary N) is 1. The molecule has 2 atom stereocenters. The van der Waals surface area contributed by atoms with Crippen molar-refractivity contribution in [2.75, 3.05) is 7.05 Å². The highest BCUT2D eigenvalue weighted by molar-refractivity contribution is 9.10. The van der Waals surface area contributed by atoms with E-state index in [-0.39, 0.29) is 11.9 Å². The van der Waals surface area contributed by atoms with Crippen LogP contribution in [0.4, 0.5) is 0 Å². The van der Waals surface area contributed by atoms with Gasteiger partial charge in [-0.2, -0.15) is 0 Å². The molecular weight excluding hydrogens is 316 g/mol. The van der Waals surface area contributed by atoms with Crippen molar-refractivity contribution in [1.29, 1.82) is 0 Å². The molecule has 1 aromatic rings. The quantitative estimate of drug-likeness (QED) is 0.915. The molecule has 20 heavy (non-hydrogen) atoms. The Bertz CT molecular complexity index is 464. The molecule has 0 saturated heterocycles. The second-order valence-electron chi connectivity index (χ2n) is 5.75. The Morgan fingerprint density at radius 2 is 2.05 bits per heavy atom. The second-order valence-corrected chi connectivity index (χ2v) is 6.61. The van der Waals surface area contributed by atoms with E-state index in [0.29, 0.717) is 18.9 Å². The number of rotatable bonds is 4. The molecule has 2 rings (SSSR count). The Labute approximate surface area is 129 Å². The van der Waals surface area contributed by atoms with Gasteiger partial charge >= 0.3 is 0 Å². The van der Waals surface area contributed by atoms with Crippen LogP contribution >= 0.6 is 15.9 Å². The van der Waals surface area contributed by atoms with Gasteiger partial charge in [-0.3, -0.25) is 4.79 Å². The molecule has 3 nitrogen and oxygen atoms in total. The van der Waals surface area contributed by atoms with Crippen LogP contribution in [0.1, 0.15) is 37.7 Å². The third-order valence-electron chi connectivity index (χ3n) is 4.20. The SMILES string of the molecule is CN(Cc1ccccc1Br)C(=O)CC1CCCCC1N. The van der Waals surface area contributed by atoms with E-state index in [9.17, 15) is 4.79 Å². The summed E-state index contributed by atoms with van der Waals surface area (Å²) in [5.74, 6) is 0.556. The normalized spacial score (nSPS) is 22.6. The van der Waals surface area contributed by atoms with Crippen LogP contribution in [-0.4, -0.2) is 23.9 Å². The Kier molecular flexibility index (Phi) is 5.61. The number of nitrogens with zero attached hydrogens (tertiary/aromatic N) is 1. The number of hydrogen-bond donors (Lipinski definition) is 1. The van der Waals surface area contributed by atoms with Crippen LogP contribution in [0, 0.1) is 5.92 Å². The Morgan fingerprint density at radius 1 is 1.35 bits per heavy atom. The van der Waals surface area contributed by atoms with Crippen LogP contribution in [0.3, 0.4) is 0 Å². The van der Waals surface area contributed by atoms with Crippen LogP contribution in [0.25, 0.3) is 0 Å². The van der Waals surface area contributed by atoms with Gasteiger partial charge in [0.05, 0.1) is 0 Å². The predicted octanol–water partition coefficient (Wildman–Crippen LogP) is 3.32. The molecule has 1 aliphatic carbocycles. The van der Waals surface area contributed by atoms with Crippen molar-refractivity contribution in [2.45, 2.75) is 44.7 Å². The summed E-state index contributed by atoms with van der Waals surface area (Å²) < 4.78 is 1.05. The van der Waals surface area contributed by atoms with Crippen molar-refractivity contribution in [3.63, 3.8) is 0 Å². The summed E-state index contributed by atoms with van der Waals surface area (Å²) in [6.07, 6.45) is 5.15. The average Bonchev–Trinajstić information content (AvgIpc) is 2.43. The molecule has 1 aromatic carbocycles. The lowest BCUT2D eigenvalue weighted by Gasteiger charge is -2.29. The van der Waals surface area contributed by atoms with Crippen molar-refractivity contribution in [2.24, 2.45) is 11.7 Å². The molecule has 1 aliphatic rings. The monoisotopic (exact) mass is 338 g/mol. The van der Waals surface area contributed by atoms with E-state index >= 15 is 0 Å². The molecule has 1 fully saturated rings. The summed E-state index contributed by atoms with van der Waals surface area (Å²) in [6, 6.07) is 8.22. The van der Waals surface area contributed by atoms with Crippen molar-refractivity contribution < 1.29 is 4.79 Å². The summed E-state index contributed by atoms with van der Waals surface area (Å²) in [5, 5.41) is 0. The molecule has 2 N–H and O–H groups in total. The summed E-state index contributed by atoms with van der Waals surface area (Å²) in [4.78, 5) is 14.1. The Balaban J connectivity index is 1.90. The number of carbonyl (C=O) groups excluding carboxylic acids is 1. The number of benzene rings is 1. The Morgan fingerprint density at radius 3 is 2.75 bits per heavy atom. The molecule has 0 aromatic heterocycles. The van der Waals surface area contributed by atoms with Crippen LogP contribution in [-0.2, 0) is 11.3 Å². The van der Waals surface area contributed by atoms with Gasteiger partial charge in [0.15, 0.2) is 0 Å². The first-order chi connectivity index (χ1) is 9.58. The summed E-state index contributed by atoms with van der Waals surface area (Å²) in [7, 11) is 1.87. The highest BCUT2D eigenvalue weighted by Crippen LogP contribution is 2.26. The zero-order chi connectivity index (χ0) is 14.5. The molecule has 110 valence electrons. The fourth-order valence-corrected chi connectivity index (χ4v) is 3.25. The molecule has 4 heteroatoms. The van der Waals surface area contributed by atoms with Crippen molar-refractivity contribution in [3.05, 3.63) is 34.3 Å². The van der Waals surface area contributed by atoms with Gasteiger partial charge < -0.3 is 10.6 Å². The molecule has 1 amide bonds. The lowest BCUT2D eigenvalue weighted by Crippen LogP contribution is -2.37. The van der Waals surface area contributed by atoms with Crippen molar-refractivity contribution in [1.82, 2.24) is 4.90 Å². The van der Waals surface area contributed by atoms with Gasteiger partial charge in [0, 0.05) is 30.5 Å². The van der Waals surface area contributed by atoms with Gasteiger partial charge in [-0.15, -0.1) is 0 Å². The number of amides is 1. The fraction of sp³-hybridized carbons (Fsp3) is 0.562. The van der Waals surface area contributed by atoms with E-state index in [2.05, 4.69) is 15.9 Å². The van der Waals surface area contributed by atoms with Crippen LogP contribution in [0.5, 0.6) is 0 Å². The van der Waals surface area contributed by atoms with E-state index < -0.39 is 0 Å². The Hall–Kier alpha value is -0.870. The molecule has 0 heterocycles. The maximum Gasteiger partial charge on any atom is 0.222 e. The molecule has 0 aliphatic heterocycles. The van der Waals surface area contributed by atoms with Gasteiger partial charge in [0.25, 0.3) is 0 Å². The molecule has 0 bridgehead atoms. The molecule has 1 saturated carbocycles. The summed E-state index contributed by atoms with van der Waals surface area (Å²) in [5.41, 5.74) is 7.26. The first-order valence-electron chi connectivity index (χ1n) is 7.31. The molecular formula is C16H23BrN2O. The molecule has 0 radical (unpaired) electrons. The van der Waals surface area contributed by atoms with Gasteiger partial charge in [-0.1, -0.05) is 47.0 Å². The highest BCUT2D eigenvalue weighted by Gasteiger charge is 2.25. The topological polar surface area (TPSA) is 46.3 Å². The predicted molar refractivity (Wildman–Crippen MR) is 85.2 cm³/mol. The minimum absolute atomic E-state index is 0.197. The second kappa shape index (κ2) is 7.23. The number of hydrogen-bond acceptors (Lipinski definition) is 2. The third-order valence-corrected chi connectivity index (χ3v) is 4.97. The van der Waals surface area contributed by atoms with Gasteiger partial charge in [0.1, 0.15) is 0 Å². The minimum atomic E-state index is 0.197. The van der Waals surface area contributed by atoms with Crippen molar-refractivity contribution >= 4 is 21.8 Å². The molecule has 2 unspecified atom stereocenters. The van der Waals surface area contributed by atoms with Gasteiger partial charge in [-0.25, -0.2) is 0 Å². The van der Waals surface area contributed by atoms with E-state index in [0.717, 1.165) is 22.9 Å². The summed E-state index contributed by atoms with van der Waals surface area (Å²) >= 11 is 3.52. The standard InChI is InChI=1S/C16H23BrN2O/c1-19(11-13-7-2-4-8-14(13)17)16(20)10-12-6-3-5-9-15(12)18/h2,4,7-8,12,15H,3,5-6,9-11,18H2,1H3. The lowest BCUT2D eigenvalue weighted by molar-refractivity contribution is -0.131. The lowest BCUT2D eigenvalue weighted by atomic mass is 9.83. The molecule has 0 spiro atoms. The van der Waals surface area contributed by atoms with Crippen LogP contribution < -0.4 is 5.73 Å². The van der Waals surface area contributed by atoms with Crippen molar-refractivity contribution in [3.8, 4) is 0 Å². The van der Waals surface area contributed by atoms with E-state index in [1.165, 1.54) is 12.8 Å². The smallest absolute Gasteiger partial charge is 0.222 e. The number of carbonyl (C=O) groups is 1. The summed E-state index contributed by atoms with van der Waals surface area (Å²) in [6.45, 7) is 0.641. The third kappa shape index (κ3) is 4.06. The number of halogens is 1. The van der Waals surface area contributed by atoms with E-state index in [1.54, 1.807) is 4.90 Å². The average molecular weight is 339 g/mol. The zero-order valence-corrected chi connectivity index (χ0v) is 13.6. The zero-order valence-electron chi connectivity index (χ0n) is 12.0. The van der Waals surface area contributed by atoms with E-state index in [1.807, 2.05) is 31.3 Å². The van der Waals surface area contributed by atoms with E-state index in [4.69, 9.17) is 5.73 Å². The first kappa shape index (κ1) is 15.5. The largest absolute Gasteiger partial charge is 0.341 e. The minimum Gasteiger partial charge on any atom is -0.341 e. The van der Waals surface area contributed by atoms with Gasteiger partial charge in [-0.05, 0) is 30.4 Å². The highest BCUT2D eigenvalue weighted by atomic mass is 79.9. The maximum atomic E-state index is 12.3. The fourth-order valence-electron chi connectivity index (χ4n) is 2.84. The maximum absolute atomic E-state index is 12.3.